The molecule has 1 aromatic rings. The number of benzene rings is 1. The number of halogens is 1. The van der Waals surface area contributed by atoms with Crippen molar-refractivity contribution in [2.45, 2.75) is 58.5 Å². The first-order valence-electron chi connectivity index (χ1n) is 7.49. The van der Waals surface area contributed by atoms with Crippen molar-refractivity contribution in [3.05, 3.63) is 46.5 Å². The van der Waals surface area contributed by atoms with Crippen molar-refractivity contribution in [1.82, 2.24) is 0 Å². The van der Waals surface area contributed by atoms with Gasteiger partial charge in [-0.25, -0.2) is 4.79 Å². The Morgan fingerprint density at radius 1 is 1.19 bits per heavy atom. The van der Waals surface area contributed by atoms with Gasteiger partial charge in [-0.05, 0) is 51.3 Å². The second-order valence-corrected chi connectivity index (χ2v) is 6.95. The second kappa shape index (κ2) is 7.26. The molecular formula is C18H25BrO2. The lowest BCUT2D eigenvalue weighted by Crippen LogP contribution is -2.22. The van der Waals surface area contributed by atoms with Crippen molar-refractivity contribution >= 4 is 21.9 Å². The maximum atomic E-state index is 11.7. The third-order valence-electron chi connectivity index (χ3n) is 3.15. The van der Waals surface area contributed by atoms with Gasteiger partial charge < -0.3 is 4.74 Å². The van der Waals surface area contributed by atoms with Gasteiger partial charge in [0.25, 0.3) is 0 Å². The summed E-state index contributed by atoms with van der Waals surface area (Å²) in [5.74, 6) is -0.268. The number of ether oxygens (including phenoxy) is 1. The molecule has 0 aromatic heterocycles. The molecule has 1 fully saturated rings. The van der Waals surface area contributed by atoms with Crippen LogP contribution < -0.4 is 0 Å². The van der Waals surface area contributed by atoms with Gasteiger partial charge in [0.05, 0.1) is 0 Å². The number of hydrogen-bond acceptors (Lipinski definition) is 2. The van der Waals surface area contributed by atoms with E-state index in [-0.39, 0.29) is 11.4 Å². The first-order valence-corrected chi connectivity index (χ1v) is 8.28. The molecule has 116 valence electrons. The molecule has 2 nitrogen and oxygen atoms in total. The van der Waals surface area contributed by atoms with Crippen molar-refractivity contribution in [2.75, 3.05) is 0 Å². The van der Waals surface area contributed by atoms with E-state index in [1.54, 1.807) is 6.08 Å². The fraction of sp³-hybridized carbons (Fsp3) is 0.500. The molecule has 0 heterocycles. The largest absolute Gasteiger partial charge is 0.457 e. The summed E-state index contributed by atoms with van der Waals surface area (Å²) in [4.78, 5) is 11.7. The third-order valence-corrected chi connectivity index (χ3v) is 3.68. The van der Waals surface area contributed by atoms with Gasteiger partial charge in [0.1, 0.15) is 5.60 Å². The molecule has 0 aliphatic heterocycles. The smallest absolute Gasteiger partial charge is 0.330 e. The molecule has 0 N–H and O–H groups in total. The van der Waals surface area contributed by atoms with Crippen LogP contribution in [0.2, 0.25) is 0 Å². The van der Waals surface area contributed by atoms with E-state index in [1.165, 1.54) is 5.56 Å². The lowest BCUT2D eigenvalue weighted by atomic mass is 9.95. The fourth-order valence-electron chi connectivity index (χ4n) is 2.03. The molecule has 0 atom stereocenters. The van der Waals surface area contributed by atoms with Crippen LogP contribution >= 0.6 is 15.9 Å². The van der Waals surface area contributed by atoms with Crippen molar-refractivity contribution in [1.29, 1.82) is 0 Å². The molecule has 0 bridgehead atoms. The Kier molecular flexibility index (Phi) is 6.21. The molecule has 0 saturated heterocycles. The molecule has 3 heteroatoms. The van der Waals surface area contributed by atoms with E-state index < -0.39 is 5.60 Å². The van der Waals surface area contributed by atoms with E-state index in [4.69, 9.17) is 4.74 Å². The summed E-state index contributed by atoms with van der Waals surface area (Å²) in [6.07, 6.45) is 5.74. The lowest BCUT2D eigenvalue weighted by Gasteiger charge is -2.18. The molecule has 1 saturated carbocycles. The Hall–Kier alpha value is -1.09. The average Bonchev–Trinajstić information content (AvgIpc) is 3.19. The zero-order valence-electron chi connectivity index (χ0n) is 13.6. The second-order valence-electron chi connectivity index (χ2n) is 6.03. The van der Waals surface area contributed by atoms with Crippen LogP contribution in [0.15, 0.2) is 40.9 Å². The Morgan fingerprint density at radius 3 is 2.14 bits per heavy atom. The Morgan fingerprint density at radius 2 is 1.71 bits per heavy atom. The maximum Gasteiger partial charge on any atom is 0.330 e. The highest BCUT2D eigenvalue weighted by Crippen LogP contribution is 2.49. The minimum atomic E-state index is -0.435. The molecule has 0 radical (unpaired) electrons. The first kappa shape index (κ1) is 18.0. The summed E-state index contributed by atoms with van der Waals surface area (Å²) in [6, 6.07) is 8.29. The van der Waals surface area contributed by atoms with Gasteiger partial charge in [-0.15, -0.1) is 0 Å². The van der Waals surface area contributed by atoms with Crippen molar-refractivity contribution in [2.24, 2.45) is 0 Å². The molecule has 21 heavy (non-hydrogen) atoms. The van der Waals surface area contributed by atoms with Crippen LogP contribution in [0.1, 0.15) is 53.0 Å². The number of rotatable bonds is 3. The summed E-state index contributed by atoms with van der Waals surface area (Å²) in [6.45, 7) is 9.63. The van der Waals surface area contributed by atoms with Gasteiger partial charge in [-0.3, -0.25) is 0 Å². The number of hydrogen-bond donors (Lipinski definition) is 0. The van der Waals surface area contributed by atoms with Crippen LogP contribution in [0.5, 0.6) is 0 Å². The summed E-state index contributed by atoms with van der Waals surface area (Å²) >= 11 is 3.44. The quantitative estimate of drug-likeness (QED) is 0.537. The monoisotopic (exact) mass is 352 g/mol. The molecule has 1 aliphatic carbocycles. The SMILES string of the molecule is CC.CC(C)(C)OC(=O)/C=C/C1(c2ccc(Br)cc2)CC1. The van der Waals surface area contributed by atoms with Crippen molar-refractivity contribution < 1.29 is 9.53 Å². The molecule has 0 amide bonds. The number of allylic oxidation sites excluding steroid dienone is 1. The van der Waals surface area contributed by atoms with Crippen LogP contribution in [-0.2, 0) is 14.9 Å². The van der Waals surface area contributed by atoms with Crippen LogP contribution in [0, 0.1) is 0 Å². The summed E-state index contributed by atoms with van der Waals surface area (Å²) in [5, 5.41) is 0. The number of carbonyl (C=O) groups excluding carboxylic acids is 1. The third kappa shape index (κ3) is 5.66. The van der Waals surface area contributed by atoms with Gasteiger partial charge in [-0.1, -0.05) is 48.0 Å². The van der Waals surface area contributed by atoms with E-state index in [0.29, 0.717) is 0 Å². The molecular weight excluding hydrogens is 328 g/mol. The average molecular weight is 353 g/mol. The van der Waals surface area contributed by atoms with Crippen LogP contribution in [-0.4, -0.2) is 11.6 Å². The van der Waals surface area contributed by atoms with E-state index in [1.807, 2.05) is 52.8 Å². The summed E-state index contributed by atoms with van der Waals surface area (Å²) in [7, 11) is 0. The number of carbonyl (C=O) groups is 1. The minimum absolute atomic E-state index is 0.0393. The maximum absolute atomic E-state index is 11.7. The Labute approximate surface area is 136 Å². The van der Waals surface area contributed by atoms with Gasteiger partial charge in [0.15, 0.2) is 0 Å². The zero-order valence-corrected chi connectivity index (χ0v) is 15.2. The lowest BCUT2D eigenvalue weighted by molar-refractivity contribution is -0.148. The Bertz CT molecular complexity index is 491. The Balaban J connectivity index is 0.00000106. The van der Waals surface area contributed by atoms with Crippen molar-refractivity contribution in [3.63, 3.8) is 0 Å². The topological polar surface area (TPSA) is 26.3 Å². The van der Waals surface area contributed by atoms with E-state index in [0.717, 1.165) is 17.3 Å². The van der Waals surface area contributed by atoms with Crippen molar-refractivity contribution in [3.8, 4) is 0 Å². The standard InChI is InChI=1S/C16H19BrO2.C2H6/c1-15(2,3)19-14(18)8-9-16(10-11-16)12-4-6-13(17)7-5-12;1-2/h4-9H,10-11H2,1-3H3;1-2H3/b9-8+;. The van der Waals surface area contributed by atoms with Crippen LogP contribution in [0.4, 0.5) is 0 Å². The fourth-order valence-corrected chi connectivity index (χ4v) is 2.30. The molecule has 2 rings (SSSR count). The van der Waals surface area contributed by atoms with Gasteiger partial charge in [0.2, 0.25) is 0 Å². The van der Waals surface area contributed by atoms with Crippen LogP contribution in [0.25, 0.3) is 0 Å². The predicted molar refractivity (Wildman–Crippen MR) is 91.4 cm³/mol. The highest BCUT2D eigenvalue weighted by Gasteiger charge is 2.41. The number of esters is 1. The zero-order chi connectivity index (χ0) is 16.1. The molecule has 1 aromatic carbocycles. The molecule has 1 aliphatic rings. The van der Waals surface area contributed by atoms with Crippen LogP contribution in [0.3, 0.4) is 0 Å². The highest BCUT2D eigenvalue weighted by atomic mass is 79.9. The normalized spacial score (nSPS) is 16.1. The first-order chi connectivity index (χ1) is 9.81. The highest BCUT2D eigenvalue weighted by molar-refractivity contribution is 9.10. The van der Waals surface area contributed by atoms with Gasteiger partial charge in [-0.2, -0.15) is 0 Å². The minimum Gasteiger partial charge on any atom is -0.457 e. The molecule has 0 unspecified atom stereocenters. The van der Waals surface area contributed by atoms with E-state index >= 15 is 0 Å². The van der Waals surface area contributed by atoms with E-state index in [2.05, 4.69) is 28.1 Å². The van der Waals surface area contributed by atoms with E-state index in [9.17, 15) is 4.79 Å². The summed E-state index contributed by atoms with van der Waals surface area (Å²) < 4.78 is 6.36. The summed E-state index contributed by atoms with van der Waals surface area (Å²) in [5.41, 5.74) is 0.864. The molecule has 0 spiro atoms. The van der Waals surface area contributed by atoms with Gasteiger partial charge >= 0.3 is 5.97 Å². The predicted octanol–water partition coefficient (Wildman–Crippen LogP) is 5.40. The van der Waals surface area contributed by atoms with Gasteiger partial charge in [0, 0.05) is 16.0 Å².